The van der Waals surface area contributed by atoms with Crippen LogP contribution in [0.5, 0.6) is 17.4 Å². The Morgan fingerprint density at radius 1 is 1.09 bits per heavy atom. The van der Waals surface area contributed by atoms with E-state index in [4.69, 9.17) is 23.7 Å². The highest BCUT2D eigenvalue weighted by atomic mass is 32.1. The van der Waals surface area contributed by atoms with E-state index in [1.807, 2.05) is 32.9 Å². The van der Waals surface area contributed by atoms with Crippen molar-refractivity contribution in [2.45, 2.75) is 46.3 Å². The lowest BCUT2D eigenvalue weighted by Gasteiger charge is -2.19. The Labute approximate surface area is 197 Å². The number of aromatic nitrogens is 2. The number of benzene rings is 1. The molecule has 1 amide bonds. The number of aryl methyl sites for hydroxylation is 1. The van der Waals surface area contributed by atoms with E-state index in [0.717, 1.165) is 32.9 Å². The Balaban J connectivity index is 2.23. The minimum Gasteiger partial charge on any atom is -0.496 e. The number of hydrogen-bond acceptors (Lipinski definition) is 8. The number of thiazole rings is 1. The van der Waals surface area contributed by atoms with E-state index in [9.17, 15) is 4.79 Å². The Bertz CT molecular complexity index is 1120. The second-order valence-corrected chi connectivity index (χ2v) is 9.35. The Morgan fingerprint density at radius 3 is 2.21 bits per heavy atom. The summed E-state index contributed by atoms with van der Waals surface area (Å²) in [6.45, 7) is 7.91. The number of ether oxygens (including phenoxy) is 5. The SMILES string of the molecule is CCc1sc2c(NC(=O)OC(C)(C)C)c(OC)nn2c1-c1c(OC)cc(COC)cc1OC. The summed E-state index contributed by atoms with van der Waals surface area (Å²) >= 11 is 1.51. The van der Waals surface area contributed by atoms with Gasteiger partial charge in [0.25, 0.3) is 5.88 Å². The summed E-state index contributed by atoms with van der Waals surface area (Å²) in [7, 11) is 6.37. The predicted molar refractivity (Wildman–Crippen MR) is 128 cm³/mol. The normalized spacial score (nSPS) is 11.5. The monoisotopic (exact) mass is 477 g/mol. The molecule has 0 aliphatic heterocycles. The average molecular weight is 478 g/mol. The second kappa shape index (κ2) is 9.88. The van der Waals surface area contributed by atoms with Crippen LogP contribution in [0.15, 0.2) is 12.1 Å². The quantitative estimate of drug-likeness (QED) is 0.480. The fourth-order valence-electron chi connectivity index (χ4n) is 3.50. The van der Waals surface area contributed by atoms with Crippen LogP contribution >= 0.6 is 11.3 Å². The summed E-state index contributed by atoms with van der Waals surface area (Å²) in [5.41, 5.74) is 2.31. The molecule has 3 rings (SSSR count). The lowest BCUT2D eigenvalue weighted by Crippen LogP contribution is -2.27. The topological polar surface area (TPSA) is 92.6 Å². The summed E-state index contributed by atoms with van der Waals surface area (Å²) in [5.74, 6) is 1.55. The van der Waals surface area contributed by atoms with Crippen molar-refractivity contribution in [3.63, 3.8) is 0 Å². The molecule has 0 atom stereocenters. The molecule has 10 heteroatoms. The number of carbonyl (C=O) groups is 1. The zero-order chi connectivity index (χ0) is 24.3. The molecule has 3 aromatic rings. The van der Waals surface area contributed by atoms with Crippen LogP contribution in [0, 0.1) is 0 Å². The van der Waals surface area contributed by atoms with E-state index >= 15 is 0 Å². The number of methoxy groups -OCH3 is 4. The van der Waals surface area contributed by atoms with Crippen molar-refractivity contribution in [2.75, 3.05) is 33.8 Å². The van der Waals surface area contributed by atoms with Crippen molar-refractivity contribution in [1.82, 2.24) is 9.61 Å². The van der Waals surface area contributed by atoms with Crippen molar-refractivity contribution in [2.24, 2.45) is 0 Å². The van der Waals surface area contributed by atoms with E-state index < -0.39 is 11.7 Å². The summed E-state index contributed by atoms with van der Waals surface area (Å²) in [4.78, 5) is 14.3. The summed E-state index contributed by atoms with van der Waals surface area (Å²) in [5, 5.41) is 7.44. The van der Waals surface area contributed by atoms with Crippen molar-refractivity contribution in [3.8, 4) is 28.6 Å². The third-order valence-electron chi connectivity index (χ3n) is 4.76. The number of anilines is 1. The first-order valence-corrected chi connectivity index (χ1v) is 11.3. The maximum Gasteiger partial charge on any atom is 0.412 e. The molecule has 0 spiro atoms. The van der Waals surface area contributed by atoms with Gasteiger partial charge in [0.1, 0.15) is 27.6 Å². The average Bonchev–Trinajstić information content (AvgIpc) is 3.27. The van der Waals surface area contributed by atoms with Gasteiger partial charge in [0.05, 0.1) is 39.2 Å². The van der Waals surface area contributed by atoms with Crippen LogP contribution in [0.25, 0.3) is 16.1 Å². The number of nitrogens with one attached hydrogen (secondary N) is 1. The highest BCUT2D eigenvalue weighted by Gasteiger charge is 2.28. The van der Waals surface area contributed by atoms with Gasteiger partial charge < -0.3 is 23.7 Å². The minimum absolute atomic E-state index is 0.282. The number of fused-ring (bicyclic) bond motifs is 1. The van der Waals surface area contributed by atoms with Crippen LogP contribution in [0.2, 0.25) is 0 Å². The van der Waals surface area contributed by atoms with E-state index in [2.05, 4.69) is 17.3 Å². The maximum atomic E-state index is 12.5. The number of amides is 1. The van der Waals surface area contributed by atoms with E-state index in [-0.39, 0.29) is 5.88 Å². The molecular formula is C23H31N3O6S. The molecule has 1 aromatic carbocycles. The first kappa shape index (κ1) is 24.7. The molecule has 0 saturated heterocycles. The fraction of sp³-hybridized carbons (Fsp3) is 0.478. The summed E-state index contributed by atoms with van der Waals surface area (Å²) in [6, 6.07) is 3.84. The maximum absolute atomic E-state index is 12.5. The second-order valence-electron chi connectivity index (χ2n) is 8.26. The molecule has 180 valence electrons. The van der Waals surface area contributed by atoms with Gasteiger partial charge in [-0.15, -0.1) is 16.4 Å². The highest BCUT2D eigenvalue weighted by molar-refractivity contribution is 7.18. The van der Waals surface area contributed by atoms with Gasteiger partial charge in [-0.1, -0.05) is 6.92 Å². The van der Waals surface area contributed by atoms with Crippen molar-refractivity contribution < 1.29 is 28.5 Å². The van der Waals surface area contributed by atoms with E-state index in [0.29, 0.717) is 23.8 Å². The molecule has 0 fully saturated rings. The smallest absolute Gasteiger partial charge is 0.412 e. The van der Waals surface area contributed by atoms with Gasteiger partial charge >= 0.3 is 6.09 Å². The van der Waals surface area contributed by atoms with Gasteiger partial charge in [-0.3, -0.25) is 5.32 Å². The van der Waals surface area contributed by atoms with E-state index in [1.165, 1.54) is 18.4 Å². The highest BCUT2D eigenvalue weighted by Crippen LogP contribution is 2.46. The lowest BCUT2D eigenvalue weighted by atomic mass is 10.0. The first-order valence-electron chi connectivity index (χ1n) is 10.5. The molecule has 0 aliphatic rings. The molecule has 33 heavy (non-hydrogen) atoms. The standard InChI is InChI=1S/C23H31N3O6S/c1-9-16-19(17-14(29-6)10-13(12-28-5)11-15(17)30-7)26-21(33-16)18(20(25-26)31-8)24-22(27)32-23(2,3)4/h10-11H,9,12H2,1-8H3,(H,24,27). The zero-order valence-corrected chi connectivity index (χ0v) is 21.1. The van der Waals surface area contributed by atoms with Crippen molar-refractivity contribution >= 4 is 27.9 Å². The van der Waals surface area contributed by atoms with Crippen LogP contribution in [-0.4, -0.2) is 49.7 Å². The Hall–Kier alpha value is -2.98. The molecule has 1 N–H and O–H groups in total. The first-order chi connectivity index (χ1) is 15.7. The van der Waals surface area contributed by atoms with Gasteiger partial charge in [-0.05, 0) is 44.9 Å². The number of hydrogen-bond donors (Lipinski definition) is 1. The van der Waals surface area contributed by atoms with Crippen LogP contribution in [0.3, 0.4) is 0 Å². The van der Waals surface area contributed by atoms with Gasteiger partial charge in [0.15, 0.2) is 0 Å². The molecule has 9 nitrogen and oxygen atoms in total. The fourth-order valence-corrected chi connectivity index (χ4v) is 4.62. The molecule has 0 saturated carbocycles. The summed E-state index contributed by atoms with van der Waals surface area (Å²) in [6.07, 6.45) is 0.159. The van der Waals surface area contributed by atoms with Gasteiger partial charge in [0, 0.05) is 12.0 Å². The lowest BCUT2D eigenvalue weighted by molar-refractivity contribution is 0.0635. The van der Waals surface area contributed by atoms with Crippen LogP contribution in [0.4, 0.5) is 10.5 Å². The van der Waals surface area contributed by atoms with Crippen LogP contribution < -0.4 is 19.5 Å². The minimum atomic E-state index is -0.635. The third-order valence-corrected chi connectivity index (χ3v) is 6.06. The number of carbonyl (C=O) groups excluding carboxylic acids is 1. The van der Waals surface area contributed by atoms with Gasteiger partial charge in [-0.2, -0.15) is 0 Å². The molecule has 0 radical (unpaired) electrons. The van der Waals surface area contributed by atoms with E-state index in [1.54, 1.807) is 25.8 Å². The number of nitrogens with zero attached hydrogens (tertiary/aromatic N) is 2. The Kier molecular flexibility index (Phi) is 7.38. The molecule has 0 unspecified atom stereocenters. The van der Waals surface area contributed by atoms with Crippen molar-refractivity contribution in [3.05, 3.63) is 22.6 Å². The molecule has 2 heterocycles. The van der Waals surface area contributed by atoms with Gasteiger partial charge in [-0.25, -0.2) is 9.31 Å². The largest absolute Gasteiger partial charge is 0.496 e. The third kappa shape index (κ3) is 5.01. The zero-order valence-electron chi connectivity index (χ0n) is 20.3. The molecule has 0 aliphatic carbocycles. The predicted octanol–water partition coefficient (Wildman–Crippen LogP) is 5.14. The van der Waals surface area contributed by atoms with Crippen LogP contribution in [-0.2, 0) is 22.5 Å². The van der Waals surface area contributed by atoms with Crippen LogP contribution in [0.1, 0.15) is 38.1 Å². The molecule has 2 aromatic heterocycles. The molecular weight excluding hydrogens is 446 g/mol. The molecule has 0 bridgehead atoms. The van der Waals surface area contributed by atoms with Gasteiger partial charge in [0.2, 0.25) is 0 Å². The Morgan fingerprint density at radius 2 is 1.73 bits per heavy atom. The summed E-state index contributed by atoms with van der Waals surface area (Å²) < 4.78 is 29.4. The number of rotatable bonds is 8. The van der Waals surface area contributed by atoms with Crippen molar-refractivity contribution in [1.29, 1.82) is 0 Å².